The molecule has 9 heteroatoms. The Bertz CT molecular complexity index is 818. The highest BCUT2D eigenvalue weighted by molar-refractivity contribution is 9.11. The lowest BCUT2D eigenvalue weighted by molar-refractivity contribution is -0.152. The molecule has 138 valence electrons. The fraction of sp³-hybridized carbons (Fsp3) is 0.353. The van der Waals surface area contributed by atoms with E-state index in [-0.39, 0.29) is 18.8 Å². The minimum Gasteiger partial charge on any atom is -0.465 e. The molecule has 26 heavy (non-hydrogen) atoms. The van der Waals surface area contributed by atoms with Crippen LogP contribution in [0.15, 0.2) is 26.7 Å². The van der Waals surface area contributed by atoms with Gasteiger partial charge >= 0.3 is 11.9 Å². The third kappa shape index (κ3) is 3.77. The standard InChI is InChI=1S/C17H16Br2N2O5/c1-3-24-15(22)11-6-9-5-10(18)7-13(19)14(9)26-17(11,21)12(8-20)16(23)25-4-2/h5-7,12H,3-4,21H2,1-2H3/t12-,17+/m0/s1. The minimum absolute atomic E-state index is 0.0543. The molecule has 2 atom stereocenters. The molecule has 0 amide bonds. The van der Waals surface area contributed by atoms with Crippen molar-refractivity contribution in [2.75, 3.05) is 13.2 Å². The lowest BCUT2D eigenvalue weighted by Crippen LogP contribution is -2.59. The monoisotopic (exact) mass is 486 g/mol. The van der Waals surface area contributed by atoms with Crippen LogP contribution in [0.4, 0.5) is 0 Å². The van der Waals surface area contributed by atoms with Crippen molar-refractivity contribution in [1.29, 1.82) is 5.26 Å². The number of nitriles is 1. The van der Waals surface area contributed by atoms with Gasteiger partial charge in [-0.05, 0) is 48.0 Å². The predicted molar refractivity (Wildman–Crippen MR) is 99.7 cm³/mol. The van der Waals surface area contributed by atoms with Crippen molar-refractivity contribution in [3.63, 3.8) is 0 Å². The number of hydrogen-bond donors (Lipinski definition) is 1. The number of nitrogens with two attached hydrogens (primary N) is 1. The number of ether oxygens (including phenoxy) is 3. The summed E-state index contributed by atoms with van der Waals surface area (Å²) in [5, 5.41) is 9.52. The maximum absolute atomic E-state index is 12.5. The summed E-state index contributed by atoms with van der Waals surface area (Å²) in [6.07, 6.45) is 1.45. The van der Waals surface area contributed by atoms with Gasteiger partial charge in [-0.1, -0.05) is 15.9 Å². The highest BCUT2D eigenvalue weighted by atomic mass is 79.9. The van der Waals surface area contributed by atoms with Gasteiger partial charge in [0.25, 0.3) is 0 Å². The van der Waals surface area contributed by atoms with Crippen LogP contribution in [0.25, 0.3) is 6.08 Å². The average Bonchev–Trinajstić information content (AvgIpc) is 2.56. The van der Waals surface area contributed by atoms with Gasteiger partial charge in [0.1, 0.15) is 5.75 Å². The SMILES string of the molecule is CCOC(=O)C1=Cc2cc(Br)cc(Br)c2O[C@@]1(N)[C@@H](C#N)C(=O)OCC. The van der Waals surface area contributed by atoms with Crippen molar-refractivity contribution < 1.29 is 23.8 Å². The maximum Gasteiger partial charge on any atom is 0.339 e. The number of fused-ring (bicyclic) bond motifs is 1. The summed E-state index contributed by atoms with van der Waals surface area (Å²) in [6.45, 7) is 3.38. The highest BCUT2D eigenvalue weighted by Gasteiger charge is 2.52. The van der Waals surface area contributed by atoms with E-state index in [1.165, 1.54) is 6.08 Å². The fourth-order valence-corrected chi connectivity index (χ4v) is 3.82. The second-order valence-electron chi connectivity index (χ2n) is 5.29. The lowest BCUT2D eigenvalue weighted by Gasteiger charge is -2.37. The topological polar surface area (TPSA) is 112 Å². The average molecular weight is 488 g/mol. The van der Waals surface area contributed by atoms with E-state index in [9.17, 15) is 14.9 Å². The van der Waals surface area contributed by atoms with E-state index >= 15 is 0 Å². The number of carbonyl (C=O) groups excluding carboxylic acids is 2. The Balaban J connectivity index is 2.65. The molecule has 0 unspecified atom stereocenters. The molecule has 1 aromatic rings. The second kappa shape index (κ2) is 8.20. The van der Waals surface area contributed by atoms with Gasteiger partial charge in [-0.3, -0.25) is 10.5 Å². The lowest BCUT2D eigenvalue weighted by atomic mass is 9.86. The van der Waals surface area contributed by atoms with Crippen LogP contribution in [0.3, 0.4) is 0 Å². The quantitative estimate of drug-likeness (QED) is 0.635. The van der Waals surface area contributed by atoms with E-state index in [2.05, 4.69) is 31.9 Å². The van der Waals surface area contributed by atoms with Gasteiger partial charge in [-0.2, -0.15) is 5.26 Å². The number of hydrogen-bond acceptors (Lipinski definition) is 7. The van der Waals surface area contributed by atoms with Crippen molar-refractivity contribution in [3.8, 4) is 11.8 Å². The molecule has 0 aromatic heterocycles. The van der Waals surface area contributed by atoms with Gasteiger partial charge < -0.3 is 14.2 Å². The van der Waals surface area contributed by atoms with E-state index in [0.29, 0.717) is 15.8 Å². The predicted octanol–water partition coefficient (Wildman–Crippen LogP) is 2.91. The molecule has 1 heterocycles. The van der Waals surface area contributed by atoms with E-state index in [1.54, 1.807) is 32.0 Å². The fourth-order valence-electron chi connectivity index (χ4n) is 2.48. The summed E-state index contributed by atoms with van der Waals surface area (Å²) in [4.78, 5) is 24.7. The normalized spacial score (nSPS) is 19.3. The van der Waals surface area contributed by atoms with E-state index in [4.69, 9.17) is 19.9 Å². The summed E-state index contributed by atoms with van der Waals surface area (Å²) >= 11 is 6.71. The molecular weight excluding hydrogens is 472 g/mol. The molecule has 1 aromatic carbocycles. The molecule has 0 aliphatic carbocycles. The molecule has 1 aliphatic heterocycles. The third-order valence-corrected chi connectivity index (χ3v) is 4.65. The van der Waals surface area contributed by atoms with Gasteiger partial charge in [0.15, 0.2) is 0 Å². The molecule has 0 fully saturated rings. The summed E-state index contributed by atoms with van der Waals surface area (Å²) in [6, 6.07) is 5.22. The maximum atomic E-state index is 12.5. The van der Waals surface area contributed by atoms with Crippen LogP contribution in [0.2, 0.25) is 0 Å². The Morgan fingerprint density at radius 1 is 1.31 bits per heavy atom. The summed E-state index contributed by atoms with van der Waals surface area (Å²) < 4.78 is 17.0. The van der Waals surface area contributed by atoms with Crippen LogP contribution in [0.1, 0.15) is 19.4 Å². The van der Waals surface area contributed by atoms with Crippen molar-refractivity contribution in [2.24, 2.45) is 11.7 Å². The number of carbonyl (C=O) groups is 2. The van der Waals surface area contributed by atoms with Gasteiger partial charge in [0.2, 0.25) is 11.6 Å². The zero-order chi connectivity index (χ0) is 19.5. The van der Waals surface area contributed by atoms with Crippen LogP contribution in [0, 0.1) is 17.2 Å². The van der Waals surface area contributed by atoms with Crippen LogP contribution >= 0.6 is 31.9 Å². The van der Waals surface area contributed by atoms with E-state index in [1.807, 2.05) is 0 Å². The number of nitrogens with zero attached hydrogens (tertiary/aromatic N) is 1. The van der Waals surface area contributed by atoms with Crippen LogP contribution in [-0.2, 0) is 19.1 Å². The van der Waals surface area contributed by atoms with Crippen LogP contribution in [-0.4, -0.2) is 30.9 Å². The van der Waals surface area contributed by atoms with Gasteiger partial charge in [0.05, 0.1) is 29.3 Å². The molecule has 0 saturated carbocycles. The number of benzene rings is 1. The molecule has 0 radical (unpaired) electrons. The largest absolute Gasteiger partial charge is 0.465 e. The number of halogens is 2. The van der Waals surface area contributed by atoms with Crippen molar-refractivity contribution in [3.05, 3.63) is 32.2 Å². The molecule has 0 bridgehead atoms. The Kier molecular flexibility index (Phi) is 6.44. The van der Waals surface area contributed by atoms with Crippen LogP contribution < -0.4 is 10.5 Å². The molecule has 0 saturated heterocycles. The number of rotatable bonds is 5. The zero-order valence-electron chi connectivity index (χ0n) is 14.0. The Labute approximate surface area is 167 Å². The van der Waals surface area contributed by atoms with Gasteiger partial charge in [-0.15, -0.1) is 0 Å². The molecule has 2 rings (SSSR count). The Morgan fingerprint density at radius 2 is 1.96 bits per heavy atom. The van der Waals surface area contributed by atoms with Crippen molar-refractivity contribution in [2.45, 2.75) is 19.6 Å². The third-order valence-electron chi connectivity index (χ3n) is 3.60. The first-order valence-electron chi connectivity index (χ1n) is 7.70. The summed E-state index contributed by atoms with van der Waals surface area (Å²) in [5.74, 6) is -2.93. The van der Waals surface area contributed by atoms with Crippen molar-refractivity contribution in [1.82, 2.24) is 0 Å². The molecule has 1 aliphatic rings. The summed E-state index contributed by atoms with van der Waals surface area (Å²) in [5.41, 5.74) is 4.63. The molecule has 0 spiro atoms. The summed E-state index contributed by atoms with van der Waals surface area (Å²) in [7, 11) is 0. The van der Waals surface area contributed by atoms with Gasteiger partial charge in [-0.25, -0.2) is 4.79 Å². The highest BCUT2D eigenvalue weighted by Crippen LogP contribution is 2.43. The first-order valence-corrected chi connectivity index (χ1v) is 9.29. The zero-order valence-corrected chi connectivity index (χ0v) is 17.2. The first-order chi connectivity index (χ1) is 12.3. The minimum atomic E-state index is -2.06. The Morgan fingerprint density at radius 3 is 2.54 bits per heavy atom. The van der Waals surface area contributed by atoms with E-state index < -0.39 is 23.6 Å². The number of esters is 2. The second-order valence-corrected chi connectivity index (χ2v) is 7.06. The smallest absolute Gasteiger partial charge is 0.339 e. The van der Waals surface area contributed by atoms with Gasteiger partial charge in [0, 0.05) is 10.0 Å². The first kappa shape index (κ1) is 20.4. The molecular formula is C17H16Br2N2O5. The Hall–Kier alpha value is -1.89. The molecule has 2 N–H and O–H groups in total. The van der Waals surface area contributed by atoms with Crippen molar-refractivity contribution >= 4 is 49.9 Å². The van der Waals surface area contributed by atoms with E-state index in [0.717, 1.165) is 4.47 Å². The molecule has 7 nitrogen and oxygen atoms in total. The van der Waals surface area contributed by atoms with Crippen LogP contribution in [0.5, 0.6) is 5.75 Å².